The van der Waals surface area contributed by atoms with Crippen LogP contribution in [0.2, 0.25) is 5.02 Å². The first-order valence-electron chi connectivity index (χ1n) is 8.68. The lowest BCUT2D eigenvalue weighted by Gasteiger charge is -2.31. The van der Waals surface area contributed by atoms with Crippen molar-refractivity contribution >= 4 is 38.9 Å². The molecule has 0 aliphatic carbocycles. The Hall–Kier alpha value is -1.31. The number of amides is 1. The lowest BCUT2D eigenvalue weighted by atomic mass is 10.1. The standard InChI is InChI=1S/C17H24ClN3O3S/c1-25(23,24)21-11-5-6-16(21)17(22)19-14-12-13(18)7-8-15(14)20-9-3-2-4-10-20/h7-8,12,16H,2-6,9-11H2,1H3,(H,19,22)/t16-/m0/s1. The largest absolute Gasteiger partial charge is 0.370 e. The van der Waals surface area contributed by atoms with Crippen LogP contribution in [0.3, 0.4) is 0 Å². The van der Waals surface area contributed by atoms with Gasteiger partial charge in [0.1, 0.15) is 6.04 Å². The van der Waals surface area contributed by atoms with E-state index in [1.54, 1.807) is 6.07 Å². The molecule has 1 atom stereocenters. The van der Waals surface area contributed by atoms with Crippen LogP contribution in [0.15, 0.2) is 18.2 Å². The predicted molar refractivity (Wildman–Crippen MR) is 101 cm³/mol. The Morgan fingerprint density at radius 2 is 1.88 bits per heavy atom. The minimum Gasteiger partial charge on any atom is -0.370 e. The molecule has 138 valence electrons. The van der Waals surface area contributed by atoms with Crippen LogP contribution in [0, 0.1) is 0 Å². The Morgan fingerprint density at radius 1 is 1.16 bits per heavy atom. The van der Waals surface area contributed by atoms with Crippen LogP contribution < -0.4 is 10.2 Å². The van der Waals surface area contributed by atoms with Gasteiger partial charge in [0.15, 0.2) is 0 Å². The van der Waals surface area contributed by atoms with Crippen molar-refractivity contribution in [3.63, 3.8) is 0 Å². The zero-order chi connectivity index (χ0) is 18.0. The molecular formula is C17H24ClN3O3S. The number of anilines is 2. The maximum atomic E-state index is 12.7. The Balaban J connectivity index is 1.82. The van der Waals surface area contributed by atoms with Gasteiger partial charge in [-0.3, -0.25) is 4.79 Å². The van der Waals surface area contributed by atoms with E-state index in [0.29, 0.717) is 30.1 Å². The second kappa shape index (κ2) is 7.51. The summed E-state index contributed by atoms with van der Waals surface area (Å²) in [5.41, 5.74) is 1.60. The minimum atomic E-state index is -3.39. The van der Waals surface area contributed by atoms with Gasteiger partial charge in [0, 0.05) is 24.7 Å². The van der Waals surface area contributed by atoms with Gasteiger partial charge in [0.2, 0.25) is 15.9 Å². The number of hydrogen-bond donors (Lipinski definition) is 1. The third kappa shape index (κ3) is 4.27. The lowest BCUT2D eigenvalue weighted by Crippen LogP contribution is -2.42. The first-order valence-corrected chi connectivity index (χ1v) is 10.9. The number of benzene rings is 1. The van der Waals surface area contributed by atoms with Crippen LogP contribution in [0.4, 0.5) is 11.4 Å². The van der Waals surface area contributed by atoms with Gasteiger partial charge in [-0.2, -0.15) is 4.31 Å². The van der Waals surface area contributed by atoms with Gasteiger partial charge in [-0.25, -0.2) is 8.42 Å². The summed E-state index contributed by atoms with van der Waals surface area (Å²) in [6.07, 6.45) is 5.85. The fraction of sp³-hybridized carbons (Fsp3) is 0.588. The number of carbonyl (C=O) groups excluding carboxylic acids is 1. The summed E-state index contributed by atoms with van der Waals surface area (Å²) in [6.45, 7) is 2.29. The van der Waals surface area contributed by atoms with Crippen molar-refractivity contribution in [2.75, 3.05) is 36.1 Å². The van der Waals surface area contributed by atoms with Gasteiger partial charge in [0.05, 0.1) is 17.6 Å². The Labute approximate surface area is 154 Å². The molecule has 1 amide bonds. The second-order valence-corrected chi connectivity index (χ2v) is 9.10. The van der Waals surface area contributed by atoms with Gasteiger partial charge in [-0.05, 0) is 50.3 Å². The van der Waals surface area contributed by atoms with Crippen molar-refractivity contribution in [2.24, 2.45) is 0 Å². The molecule has 0 bridgehead atoms. The fourth-order valence-electron chi connectivity index (χ4n) is 3.63. The topological polar surface area (TPSA) is 69.7 Å². The molecule has 8 heteroatoms. The van der Waals surface area contributed by atoms with Crippen molar-refractivity contribution in [3.05, 3.63) is 23.2 Å². The highest BCUT2D eigenvalue weighted by atomic mass is 35.5. The zero-order valence-electron chi connectivity index (χ0n) is 14.4. The number of hydrogen-bond acceptors (Lipinski definition) is 4. The molecule has 0 aromatic heterocycles. The molecule has 2 saturated heterocycles. The lowest BCUT2D eigenvalue weighted by molar-refractivity contribution is -0.119. The molecule has 0 saturated carbocycles. The van der Waals surface area contributed by atoms with Crippen molar-refractivity contribution in [3.8, 4) is 0 Å². The first kappa shape index (κ1) is 18.5. The number of rotatable bonds is 4. The van der Waals surface area contributed by atoms with Gasteiger partial charge >= 0.3 is 0 Å². The molecule has 1 aromatic rings. The molecule has 2 aliphatic rings. The van der Waals surface area contributed by atoms with E-state index in [-0.39, 0.29) is 5.91 Å². The number of sulfonamides is 1. The van der Waals surface area contributed by atoms with E-state index in [4.69, 9.17) is 11.6 Å². The number of nitrogens with zero attached hydrogens (tertiary/aromatic N) is 2. The summed E-state index contributed by atoms with van der Waals surface area (Å²) >= 11 is 6.12. The van der Waals surface area contributed by atoms with E-state index in [0.717, 1.165) is 37.9 Å². The normalized spacial score (nSPS) is 22.2. The van der Waals surface area contributed by atoms with Crippen molar-refractivity contribution in [2.45, 2.75) is 38.1 Å². The molecular weight excluding hydrogens is 362 g/mol. The molecule has 1 N–H and O–H groups in total. The first-order chi connectivity index (χ1) is 11.9. The van der Waals surface area contributed by atoms with Gasteiger partial charge in [-0.15, -0.1) is 0 Å². The molecule has 0 spiro atoms. The third-order valence-corrected chi connectivity index (χ3v) is 6.37. The summed E-state index contributed by atoms with van der Waals surface area (Å²) in [4.78, 5) is 15.0. The molecule has 2 heterocycles. The molecule has 2 aliphatic heterocycles. The molecule has 0 radical (unpaired) electrons. The second-order valence-electron chi connectivity index (χ2n) is 6.73. The Morgan fingerprint density at radius 3 is 2.56 bits per heavy atom. The number of piperidine rings is 1. The average molecular weight is 386 g/mol. The van der Waals surface area contributed by atoms with Crippen LogP contribution >= 0.6 is 11.6 Å². The van der Waals surface area contributed by atoms with Gasteiger partial charge in [-0.1, -0.05) is 11.6 Å². The quantitative estimate of drug-likeness (QED) is 0.865. The van der Waals surface area contributed by atoms with Crippen LogP contribution in [-0.2, 0) is 14.8 Å². The Kier molecular flexibility index (Phi) is 5.55. The molecule has 1 aromatic carbocycles. The minimum absolute atomic E-state index is 0.288. The van der Waals surface area contributed by atoms with Crippen molar-refractivity contribution in [1.82, 2.24) is 4.31 Å². The smallest absolute Gasteiger partial charge is 0.242 e. The summed E-state index contributed by atoms with van der Waals surface area (Å²) in [6, 6.07) is 4.83. The van der Waals surface area contributed by atoms with E-state index in [2.05, 4.69) is 10.2 Å². The number of nitrogens with one attached hydrogen (secondary N) is 1. The highest BCUT2D eigenvalue weighted by Crippen LogP contribution is 2.32. The summed E-state index contributed by atoms with van der Waals surface area (Å²) in [5.74, 6) is -0.288. The van der Waals surface area contributed by atoms with Crippen molar-refractivity contribution in [1.29, 1.82) is 0 Å². The molecule has 25 heavy (non-hydrogen) atoms. The van der Waals surface area contributed by atoms with Crippen LogP contribution in [-0.4, -0.2) is 50.6 Å². The number of carbonyl (C=O) groups is 1. The van der Waals surface area contributed by atoms with Crippen LogP contribution in [0.1, 0.15) is 32.1 Å². The third-order valence-electron chi connectivity index (χ3n) is 4.85. The molecule has 6 nitrogen and oxygen atoms in total. The summed E-state index contributed by atoms with van der Waals surface area (Å²) in [5, 5.41) is 3.47. The van der Waals surface area contributed by atoms with Gasteiger partial charge in [0.25, 0.3) is 0 Å². The average Bonchev–Trinajstić information content (AvgIpc) is 3.06. The van der Waals surface area contributed by atoms with E-state index in [1.165, 1.54) is 10.7 Å². The maximum Gasteiger partial charge on any atom is 0.242 e. The van der Waals surface area contributed by atoms with Crippen LogP contribution in [0.25, 0.3) is 0 Å². The zero-order valence-corrected chi connectivity index (χ0v) is 15.9. The highest BCUT2D eigenvalue weighted by molar-refractivity contribution is 7.88. The fourth-order valence-corrected chi connectivity index (χ4v) is 4.93. The molecule has 3 rings (SSSR count). The highest BCUT2D eigenvalue weighted by Gasteiger charge is 2.36. The number of halogens is 1. The SMILES string of the molecule is CS(=O)(=O)N1CCC[C@H]1C(=O)Nc1cc(Cl)ccc1N1CCCCC1. The molecule has 2 fully saturated rings. The maximum absolute atomic E-state index is 12.7. The van der Waals surface area contributed by atoms with E-state index in [1.807, 2.05) is 12.1 Å². The van der Waals surface area contributed by atoms with E-state index < -0.39 is 16.1 Å². The summed E-state index contributed by atoms with van der Waals surface area (Å²) in [7, 11) is -3.39. The summed E-state index contributed by atoms with van der Waals surface area (Å²) < 4.78 is 25.1. The Bertz CT molecular complexity index is 748. The van der Waals surface area contributed by atoms with Crippen molar-refractivity contribution < 1.29 is 13.2 Å². The monoisotopic (exact) mass is 385 g/mol. The van der Waals surface area contributed by atoms with Crippen LogP contribution in [0.5, 0.6) is 0 Å². The van der Waals surface area contributed by atoms with E-state index >= 15 is 0 Å². The van der Waals surface area contributed by atoms with E-state index in [9.17, 15) is 13.2 Å². The predicted octanol–water partition coefficient (Wildman–Crippen LogP) is 2.69. The van der Waals surface area contributed by atoms with Gasteiger partial charge < -0.3 is 10.2 Å². The molecule has 0 unspecified atom stereocenters.